The molecule has 0 aliphatic carbocycles. The lowest BCUT2D eigenvalue weighted by Gasteiger charge is -2.24. The maximum atomic E-state index is 10.9. The zero-order valence-electron chi connectivity index (χ0n) is 15.1. The van der Waals surface area contributed by atoms with Gasteiger partial charge in [-0.25, -0.2) is 9.59 Å². The molecule has 0 saturated carbocycles. The van der Waals surface area contributed by atoms with E-state index in [2.05, 4.69) is 14.8 Å². The summed E-state index contributed by atoms with van der Waals surface area (Å²) < 4.78 is 8.77. The highest BCUT2D eigenvalue weighted by molar-refractivity contribution is 6.33. The van der Waals surface area contributed by atoms with E-state index >= 15 is 0 Å². The van der Waals surface area contributed by atoms with Crippen LogP contribution in [0.15, 0.2) is 0 Å². The zero-order valence-corrected chi connectivity index (χ0v) is 15.1. The van der Waals surface area contributed by atoms with E-state index in [4.69, 9.17) is 15.3 Å². The monoisotopic (exact) mass is 380 g/mol. The molecule has 1 aliphatic rings. The summed E-state index contributed by atoms with van der Waals surface area (Å²) >= 11 is 0. The normalized spacial score (nSPS) is 12.9. The Morgan fingerprint density at radius 1 is 1.15 bits per heavy atom. The largest absolute Gasteiger partial charge is 0.460 e. The first-order valence-electron chi connectivity index (χ1n) is 8.02. The fourth-order valence-corrected chi connectivity index (χ4v) is 1.39. The van der Waals surface area contributed by atoms with Crippen LogP contribution in [-0.2, 0) is 28.7 Å². The van der Waals surface area contributed by atoms with Crippen molar-refractivity contribution >= 4 is 23.6 Å². The third-order valence-electron chi connectivity index (χ3n) is 2.57. The van der Waals surface area contributed by atoms with Crippen LogP contribution in [0.5, 0.6) is 0 Å². The Morgan fingerprint density at radius 3 is 2.12 bits per heavy atom. The number of amides is 1. The van der Waals surface area contributed by atoms with E-state index in [0.29, 0.717) is 19.6 Å². The van der Waals surface area contributed by atoms with E-state index in [1.807, 2.05) is 0 Å². The molecule has 1 fully saturated rings. The molecule has 1 rings (SSSR count). The molecule has 0 unspecified atom stereocenters. The lowest BCUT2D eigenvalue weighted by Crippen LogP contribution is -2.46. The summed E-state index contributed by atoms with van der Waals surface area (Å²) in [6, 6.07) is 0. The van der Waals surface area contributed by atoms with Crippen LogP contribution in [0.1, 0.15) is 13.8 Å². The molecule has 0 aromatic heterocycles. The van der Waals surface area contributed by atoms with Gasteiger partial charge in [0.2, 0.25) is 5.78 Å². The van der Waals surface area contributed by atoms with Crippen LogP contribution in [0, 0.1) is 0 Å². The fraction of sp³-hybridized carbons (Fsp3) is 0.733. The van der Waals surface area contributed by atoms with Crippen molar-refractivity contribution in [3.8, 4) is 0 Å². The SMILES string of the molecule is CCOC(=O)C(C)=O.O=C1OCCN(CCO)C1=O.OCCNCCO. The standard InChI is InChI=1S/C6H9NO4.C5H8O3.C4H11NO2/c8-3-1-7-2-4-11-6(10)5(7)9;1-3-8-5(7)4(2)6;6-3-1-5-2-4-7/h8H,1-4H2;3H2,1-2H3;5-7H,1-4H2. The van der Waals surface area contributed by atoms with Crippen LogP contribution in [-0.4, -0.2) is 103 Å². The van der Waals surface area contributed by atoms with Crippen LogP contribution in [0.25, 0.3) is 0 Å². The van der Waals surface area contributed by atoms with Gasteiger partial charge in [-0.2, -0.15) is 0 Å². The van der Waals surface area contributed by atoms with E-state index in [-0.39, 0.29) is 39.6 Å². The molecule has 11 heteroatoms. The van der Waals surface area contributed by atoms with Crippen molar-refractivity contribution in [2.24, 2.45) is 0 Å². The van der Waals surface area contributed by atoms with Gasteiger partial charge in [-0.05, 0) is 6.92 Å². The highest BCUT2D eigenvalue weighted by atomic mass is 16.5. The summed E-state index contributed by atoms with van der Waals surface area (Å²) in [5, 5.41) is 27.6. The van der Waals surface area contributed by atoms with Gasteiger partial charge in [0.1, 0.15) is 6.61 Å². The van der Waals surface area contributed by atoms with Crippen molar-refractivity contribution in [1.29, 1.82) is 0 Å². The van der Waals surface area contributed by atoms with Crippen molar-refractivity contribution in [2.45, 2.75) is 13.8 Å². The first-order chi connectivity index (χ1) is 12.3. The van der Waals surface area contributed by atoms with Gasteiger partial charge in [-0.3, -0.25) is 9.59 Å². The van der Waals surface area contributed by atoms with Gasteiger partial charge >= 0.3 is 17.8 Å². The van der Waals surface area contributed by atoms with E-state index < -0.39 is 23.6 Å². The number of morpholine rings is 1. The molecule has 26 heavy (non-hydrogen) atoms. The summed E-state index contributed by atoms with van der Waals surface area (Å²) in [6.45, 7) is 5.20. The number of cyclic esters (lactones) is 1. The van der Waals surface area contributed by atoms with E-state index in [0.717, 1.165) is 0 Å². The van der Waals surface area contributed by atoms with Crippen LogP contribution in [0.3, 0.4) is 0 Å². The zero-order chi connectivity index (χ0) is 20.4. The quantitative estimate of drug-likeness (QED) is 0.195. The molecule has 1 amide bonds. The van der Waals surface area contributed by atoms with Crippen molar-refractivity contribution in [2.75, 3.05) is 59.2 Å². The number of carbonyl (C=O) groups excluding carboxylic acids is 4. The van der Waals surface area contributed by atoms with Crippen molar-refractivity contribution in [3.63, 3.8) is 0 Å². The van der Waals surface area contributed by atoms with Crippen LogP contribution in [0.2, 0.25) is 0 Å². The molecule has 4 N–H and O–H groups in total. The van der Waals surface area contributed by atoms with Gasteiger partial charge in [0.15, 0.2) is 0 Å². The van der Waals surface area contributed by atoms with E-state index in [1.165, 1.54) is 11.8 Å². The second-order valence-corrected chi connectivity index (χ2v) is 4.63. The Labute approximate surface area is 151 Å². The molecular weight excluding hydrogens is 352 g/mol. The predicted molar refractivity (Wildman–Crippen MR) is 89.0 cm³/mol. The second kappa shape index (κ2) is 17.7. The van der Waals surface area contributed by atoms with Gasteiger partial charge in [0.25, 0.3) is 0 Å². The van der Waals surface area contributed by atoms with E-state index in [1.54, 1.807) is 6.92 Å². The van der Waals surface area contributed by atoms with Crippen LogP contribution >= 0.6 is 0 Å². The highest BCUT2D eigenvalue weighted by Gasteiger charge is 2.27. The van der Waals surface area contributed by atoms with Crippen molar-refractivity contribution in [3.05, 3.63) is 0 Å². The van der Waals surface area contributed by atoms with Crippen molar-refractivity contribution < 1.29 is 44.0 Å². The number of rotatable bonds is 8. The Kier molecular flexibility index (Phi) is 17.8. The number of esters is 2. The Hall–Kier alpha value is -2.08. The fourth-order valence-electron chi connectivity index (χ4n) is 1.39. The van der Waals surface area contributed by atoms with Crippen LogP contribution in [0.4, 0.5) is 0 Å². The minimum absolute atomic E-state index is 0.126. The lowest BCUT2D eigenvalue weighted by molar-refractivity contribution is -0.166. The minimum atomic E-state index is -0.829. The number of ether oxygens (including phenoxy) is 2. The number of aliphatic hydroxyl groups is 3. The molecule has 152 valence electrons. The average Bonchev–Trinajstić information content (AvgIpc) is 2.61. The number of ketones is 1. The number of β-amino-alcohol motifs (C(OH)–C–C–N with tert-alkyl or cyclic N) is 1. The third-order valence-corrected chi connectivity index (χ3v) is 2.57. The number of aliphatic hydroxyl groups excluding tert-OH is 3. The number of hydrogen-bond acceptors (Lipinski definition) is 10. The molecule has 0 spiro atoms. The number of carbonyl (C=O) groups is 4. The summed E-state index contributed by atoms with van der Waals surface area (Å²) in [6.07, 6.45) is 0. The Morgan fingerprint density at radius 2 is 1.73 bits per heavy atom. The van der Waals surface area contributed by atoms with E-state index in [9.17, 15) is 19.2 Å². The molecule has 11 nitrogen and oxygen atoms in total. The molecular formula is C15H28N2O9. The molecule has 0 aromatic carbocycles. The molecule has 0 atom stereocenters. The topological polar surface area (TPSA) is 163 Å². The Balaban J connectivity index is 0. The van der Waals surface area contributed by atoms with Gasteiger partial charge in [0, 0.05) is 26.6 Å². The van der Waals surface area contributed by atoms with Gasteiger partial charge in [0.05, 0.1) is 33.0 Å². The predicted octanol–water partition coefficient (Wildman–Crippen LogP) is -2.94. The number of nitrogens with zero attached hydrogens (tertiary/aromatic N) is 1. The molecule has 0 bridgehead atoms. The Bertz CT molecular complexity index is 423. The highest BCUT2D eigenvalue weighted by Crippen LogP contribution is 1.98. The summed E-state index contributed by atoms with van der Waals surface area (Å²) in [7, 11) is 0. The summed E-state index contributed by atoms with van der Waals surface area (Å²) in [4.78, 5) is 42.9. The molecule has 0 radical (unpaired) electrons. The molecule has 1 aliphatic heterocycles. The summed E-state index contributed by atoms with van der Waals surface area (Å²) in [5.41, 5.74) is 0. The minimum Gasteiger partial charge on any atom is -0.460 e. The third kappa shape index (κ3) is 14.3. The smallest absolute Gasteiger partial charge is 0.397 e. The second-order valence-electron chi connectivity index (χ2n) is 4.63. The number of Topliss-reactive ketones (excluding diaryl/α,β-unsaturated/α-hetero) is 1. The van der Waals surface area contributed by atoms with Gasteiger partial charge < -0.3 is 35.0 Å². The average molecular weight is 380 g/mol. The maximum Gasteiger partial charge on any atom is 0.397 e. The van der Waals surface area contributed by atoms with Crippen molar-refractivity contribution in [1.82, 2.24) is 10.2 Å². The van der Waals surface area contributed by atoms with Gasteiger partial charge in [-0.15, -0.1) is 0 Å². The molecule has 1 heterocycles. The lowest BCUT2D eigenvalue weighted by atomic mass is 10.4. The summed E-state index contributed by atoms with van der Waals surface area (Å²) in [5.74, 6) is -2.80. The molecule has 1 saturated heterocycles. The first kappa shape index (κ1) is 26.2. The van der Waals surface area contributed by atoms with Crippen LogP contribution < -0.4 is 5.32 Å². The number of nitrogens with one attached hydrogen (secondary N) is 1. The van der Waals surface area contributed by atoms with Gasteiger partial charge in [-0.1, -0.05) is 0 Å². The molecule has 0 aromatic rings. The first-order valence-corrected chi connectivity index (χ1v) is 8.02. The maximum absolute atomic E-state index is 10.9. The number of hydrogen-bond donors (Lipinski definition) is 4.